The van der Waals surface area contributed by atoms with Gasteiger partial charge in [-0.1, -0.05) is 23.6 Å². The molecule has 1 fully saturated rings. The minimum Gasteiger partial charge on any atom is -0.458 e. The molecule has 2 aliphatic rings. The molecule has 2 aromatic carbocycles. The van der Waals surface area contributed by atoms with Crippen LogP contribution in [0, 0.1) is 29.4 Å². The molecule has 416 valence electrons. The van der Waals surface area contributed by atoms with Gasteiger partial charge in [0.1, 0.15) is 46.5 Å². The number of halogens is 11. The monoisotopic (exact) mass is 1150 g/mol. The molecule has 4 atom stereocenters. The highest BCUT2D eigenvalue weighted by Gasteiger charge is 2.68. The van der Waals surface area contributed by atoms with E-state index in [0.29, 0.717) is 12.3 Å². The third-order valence-corrected chi connectivity index (χ3v) is 15.5. The number of aliphatic hydroxyl groups excluding tert-OH is 1. The van der Waals surface area contributed by atoms with E-state index in [1.54, 1.807) is 0 Å². The lowest BCUT2D eigenvalue weighted by atomic mass is 9.93. The Morgan fingerprint density at radius 2 is 1.55 bits per heavy atom. The van der Waals surface area contributed by atoms with E-state index in [0.717, 1.165) is 42.7 Å². The van der Waals surface area contributed by atoms with E-state index in [1.807, 2.05) is 5.32 Å². The first-order valence-electron chi connectivity index (χ1n) is 22.7. The quantitative estimate of drug-likeness (QED) is 0.0560. The molecule has 0 bridgehead atoms. The maximum atomic E-state index is 15.6. The Balaban J connectivity index is 1.48. The number of aliphatic hydroxyl groups is 1. The zero-order valence-electron chi connectivity index (χ0n) is 41.3. The zero-order valence-corrected chi connectivity index (χ0v) is 43.6. The van der Waals surface area contributed by atoms with Gasteiger partial charge in [0.15, 0.2) is 27.4 Å². The number of sulfonamides is 1. The van der Waals surface area contributed by atoms with Crippen LogP contribution in [0.2, 0.25) is 5.02 Å². The van der Waals surface area contributed by atoms with Crippen molar-refractivity contribution >= 4 is 66.1 Å². The molecule has 77 heavy (non-hydrogen) atoms. The standard InChI is InChI=1S/C47H45ClF10N8O9S2/c1-43(2,3)75-41(69)32(20-67)61-42(70)66(77(7,73)74)40-35-30(48)11-10-27(37(35)65(63-40)21-45(51,52)53)26-9-8-25(12-13-44(4,5)76(6,71)72)59-36(26)31(16-22-14-23(49)17-24(50)15-22)60-33(68)19-64-39-34(38(62-64)47(56,57)58)28-18-29(28)46(39,54)55/h8-11,14-15,17,28-29,31-32,67H,16,18-21H2,1-7H3,(H,60,68)(H,61,70)/t28-,29?,31-,32-/m0/s1. The van der Waals surface area contributed by atoms with Crippen LogP contribution in [0.25, 0.3) is 22.0 Å². The molecule has 0 radical (unpaired) electrons. The number of rotatable bonds is 14. The summed E-state index contributed by atoms with van der Waals surface area (Å²) in [5.41, 5.74) is -7.54. The Morgan fingerprint density at radius 3 is 2.10 bits per heavy atom. The summed E-state index contributed by atoms with van der Waals surface area (Å²) in [6.07, 6.45) is -10.2. The van der Waals surface area contributed by atoms with Crippen LogP contribution in [0.15, 0.2) is 42.5 Å². The minimum atomic E-state index is -5.25. The number of anilines is 1. The number of nitrogens with one attached hydrogen (secondary N) is 2. The van der Waals surface area contributed by atoms with Crippen molar-refractivity contribution in [2.75, 3.05) is 23.4 Å². The van der Waals surface area contributed by atoms with Crippen molar-refractivity contribution in [2.45, 2.75) is 107 Å². The summed E-state index contributed by atoms with van der Waals surface area (Å²) in [5.74, 6) is -7.65. The Morgan fingerprint density at radius 1 is 0.922 bits per heavy atom. The summed E-state index contributed by atoms with van der Waals surface area (Å²) in [6.45, 7) is 2.13. The molecule has 1 saturated carbocycles. The smallest absolute Gasteiger partial charge is 0.435 e. The molecule has 5 aromatic rings. The van der Waals surface area contributed by atoms with E-state index in [-0.39, 0.29) is 36.9 Å². The molecule has 3 aromatic heterocycles. The lowest BCUT2D eigenvalue weighted by Gasteiger charge is -2.25. The number of carbonyl (C=O) groups excluding carboxylic acids is 3. The number of hydrogen-bond donors (Lipinski definition) is 3. The summed E-state index contributed by atoms with van der Waals surface area (Å²) in [6, 6.07) is 0.711. The van der Waals surface area contributed by atoms with Gasteiger partial charge in [-0.05, 0) is 95.2 Å². The molecule has 17 nitrogen and oxygen atoms in total. The SMILES string of the molecule is CC(C)(C)OC(=O)[C@H](CO)NC(=O)N(c1nn(CC(F)(F)F)c2c(-c3ccc(C#CC(C)(C)S(C)(=O)=O)nc3[C@H](Cc3cc(F)cc(F)c3)NC(=O)Cn3nc(C(F)(F)F)c4c3C(F)(F)C3C[C@H]43)ccc(Cl)c12)S(C)(=O)=O. The van der Waals surface area contributed by atoms with E-state index in [2.05, 4.69) is 32.3 Å². The van der Waals surface area contributed by atoms with Crippen LogP contribution in [0.4, 0.5) is 54.5 Å². The maximum absolute atomic E-state index is 15.6. The third-order valence-electron chi connectivity index (χ3n) is 12.2. The molecule has 3 N–H and O–H groups in total. The summed E-state index contributed by atoms with van der Waals surface area (Å²) in [5, 5.41) is 20.3. The summed E-state index contributed by atoms with van der Waals surface area (Å²) >= 11 is 6.65. The topological polar surface area (TPSA) is 225 Å². The second-order valence-electron chi connectivity index (χ2n) is 19.8. The van der Waals surface area contributed by atoms with Crippen LogP contribution in [0.5, 0.6) is 0 Å². The van der Waals surface area contributed by atoms with Crippen LogP contribution in [0.3, 0.4) is 0 Å². The number of benzene rings is 2. The number of aromatic nitrogens is 5. The molecule has 3 amide bonds. The Hall–Kier alpha value is -6.51. The van der Waals surface area contributed by atoms with E-state index >= 15 is 8.78 Å². The molecular formula is C47H45ClF10N8O9S2. The summed E-state index contributed by atoms with van der Waals surface area (Å²) in [4.78, 5) is 45.6. The first-order chi connectivity index (χ1) is 35.2. The van der Waals surface area contributed by atoms with Crippen LogP contribution < -0.4 is 14.9 Å². The Kier molecular flexibility index (Phi) is 15.2. The fourth-order valence-electron chi connectivity index (χ4n) is 8.56. The molecule has 0 aliphatic heterocycles. The number of amides is 3. The second-order valence-corrected chi connectivity index (χ2v) is 24.6. The zero-order chi connectivity index (χ0) is 57.5. The Bertz CT molecular complexity index is 3510. The number of nitrogens with zero attached hydrogens (tertiary/aromatic N) is 6. The van der Waals surface area contributed by atoms with E-state index in [9.17, 15) is 71.4 Å². The molecule has 1 unspecified atom stereocenters. The number of alkyl halides is 8. The third kappa shape index (κ3) is 12.3. The van der Waals surface area contributed by atoms with Crippen molar-refractivity contribution in [1.82, 2.24) is 35.2 Å². The summed E-state index contributed by atoms with van der Waals surface area (Å²) < 4.78 is 204. The largest absolute Gasteiger partial charge is 0.458 e. The molecule has 30 heteroatoms. The molecule has 0 saturated heterocycles. The highest BCUT2D eigenvalue weighted by Crippen LogP contribution is 2.68. The number of esters is 1. The van der Waals surface area contributed by atoms with Crippen LogP contribution in [-0.4, -0.2) is 106 Å². The van der Waals surface area contributed by atoms with E-state index < -0.39 is 178 Å². The van der Waals surface area contributed by atoms with Gasteiger partial charge in [0, 0.05) is 34.9 Å². The van der Waals surface area contributed by atoms with Crippen LogP contribution >= 0.6 is 11.6 Å². The lowest BCUT2D eigenvalue weighted by molar-refractivity contribution is -0.158. The maximum Gasteiger partial charge on any atom is 0.435 e. The highest BCUT2D eigenvalue weighted by molar-refractivity contribution is 7.93. The van der Waals surface area contributed by atoms with Gasteiger partial charge in [0.2, 0.25) is 15.9 Å². The molecule has 7 rings (SSSR count). The molecule has 0 spiro atoms. The molecule has 3 heterocycles. The second kappa shape index (κ2) is 20.1. The number of urea groups is 1. The van der Waals surface area contributed by atoms with Gasteiger partial charge in [0.05, 0.1) is 40.5 Å². The normalized spacial score (nSPS) is 17.2. The number of carbonyl (C=O) groups is 3. The van der Waals surface area contributed by atoms with Crippen molar-refractivity contribution < 1.29 is 85.0 Å². The number of ether oxygens (including phenoxy) is 1. The Labute approximate surface area is 437 Å². The van der Waals surface area contributed by atoms with Crippen molar-refractivity contribution in [1.29, 1.82) is 0 Å². The summed E-state index contributed by atoms with van der Waals surface area (Å²) in [7, 11) is -8.97. The highest BCUT2D eigenvalue weighted by atomic mass is 35.5. The van der Waals surface area contributed by atoms with Crippen LogP contribution in [0.1, 0.15) is 86.9 Å². The number of sulfone groups is 1. The van der Waals surface area contributed by atoms with E-state index in [1.165, 1.54) is 34.6 Å². The van der Waals surface area contributed by atoms with Crippen molar-refractivity contribution in [3.8, 4) is 23.0 Å². The predicted octanol–water partition coefficient (Wildman–Crippen LogP) is 7.47. The van der Waals surface area contributed by atoms with Gasteiger partial charge in [0.25, 0.3) is 5.92 Å². The van der Waals surface area contributed by atoms with E-state index in [4.69, 9.17) is 16.3 Å². The predicted molar refractivity (Wildman–Crippen MR) is 255 cm³/mol. The lowest BCUT2D eigenvalue weighted by Crippen LogP contribution is -2.52. The fraction of sp³-hybridized carbons (Fsp3) is 0.447. The first-order valence-corrected chi connectivity index (χ1v) is 26.8. The van der Waals surface area contributed by atoms with Crippen molar-refractivity contribution in [3.05, 3.63) is 93.0 Å². The average Bonchev–Trinajstić information content (AvgIpc) is 3.78. The first kappa shape index (κ1) is 58.2. The molecular weight excluding hydrogens is 1110 g/mol. The minimum absolute atomic E-state index is 0.156. The number of hydrogen-bond acceptors (Lipinski definition) is 12. The van der Waals surface area contributed by atoms with Crippen molar-refractivity contribution in [3.63, 3.8) is 0 Å². The average molecular weight is 1160 g/mol. The van der Waals surface area contributed by atoms with Crippen LogP contribution in [-0.2, 0) is 65.8 Å². The van der Waals surface area contributed by atoms with Gasteiger partial charge < -0.3 is 20.5 Å². The number of pyridine rings is 1. The van der Waals surface area contributed by atoms with Gasteiger partial charge >= 0.3 is 24.4 Å². The number of fused-ring (bicyclic) bond motifs is 4. The van der Waals surface area contributed by atoms with Gasteiger partial charge in [-0.2, -0.15) is 49.6 Å². The van der Waals surface area contributed by atoms with Crippen molar-refractivity contribution in [2.24, 2.45) is 5.92 Å². The van der Waals surface area contributed by atoms with Gasteiger partial charge in [-0.3, -0.25) is 14.2 Å². The fourth-order valence-corrected chi connectivity index (χ4v) is 9.83. The van der Waals surface area contributed by atoms with Gasteiger partial charge in [-0.15, -0.1) is 0 Å². The molecule has 2 aliphatic carbocycles. The van der Waals surface area contributed by atoms with Gasteiger partial charge in [-0.25, -0.2) is 40.2 Å².